The fraction of sp³-hybridized carbons (Fsp3) is 0.588. The molecule has 1 amide bonds. The summed E-state index contributed by atoms with van der Waals surface area (Å²) in [6.45, 7) is 11.2. The molecule has 0 aliphatic carbocycles. The summed E-state index contributed by atoms with van der Waals surface area (Å²) in [6.07, 6.45) is 1.57. The lowest BCUT2D eigenvalue weighted by atomic mass is 9.90. The molecule has 1 aliphatic heterocycles. The average molecular weight is 332 g/mol. The standard InChI is InChI=1S/C17H24N4O3/c1-10-12-14(22)18-11(2)13(17(3,4)5)21(12)15(19-10)24-16(23)20-8-6-7-9-20/h6-9H2,1-5H3,(H,18,22). The van der Waals surface area contributed by atoms with Crippen molar-refractivity contribution in [3.8, 4) is 6.01 Å². The van der Waals surface area contributed by atoms with Crippen LogP contribution in [0.3, 0.4) is 0 Å². The van der Waals surface area contributed by atoms with Gasteiger partial charge >= 0.3 is 12.1 Å². The van der Waals surface area contributed by atoms with Crippen LogP contribution in [-0.4, -0.2) is 38.5 Å². The van der Waals surface area contributed by atoms with Crippen molar-refractivity contribution < 1.29 is 9.53 Å². The van der Waals surface area contributed by atoms with Gasteiger partial charge in [-0.2, -0.15) is 4.98 Å². The van der Waals surface area contributed by atoms with E-state index in [4.69, 9.17) is 4.74 Å². The van der Waals surface area contributed by atoms with Gasteiger partial charge in [-0.15, -0.1) is 0 Å². The molecule has 7 nitrogen and oxygen atoms in total. The maximum absolute atomic E-state index is 12.4. The lowest BCUT2D eigenvalue weighted by Crippen LogP contribution is -2.32. The molecule has 3 rings (SSSR count). The Labute approximate surface area is 140 Å². The summed E-state index contributed by atoms with van der Waals surface area (Å²) in [5, 5.41) is 0. The molecule has 0 spiro atoms. The van der Waals surface area contributed by atoms with Gasteiger partial charge in [-0.25, -0.2) is 4.79 Å². The van der Waals surface area contributed by atoms with Crippen molar-refractivity contribution in [1.82, 2.24) is 19.3 Å². The Balaban J connectivity index is 2.18. The van der Waals surface area contributed by atoms with E-state index in [0.717, 1.165) is 24.2 Å². The number of H-pyrrole nitrogens is 1. The van der Waals surface area contributed by atoms with Gasteiger partial charge in [-0.05, 0) is 26.7 Å². The number of carbonyl (C=O) groups is 1. The molecule has 1 fully saturated rings. The third-order valence-corrected chi connectivity index (χ3v) is 4.37. The molecular formula is C17H24N4O3. The summed E-state index contributed by atoms with van der Waals surface area (Å²) in [6, 6.07) is 0.165. The third kappa shape index (κ3) is 2.68. The highest BCUT2D eigenvalue weighted by Crippen LogP contribution is 2.29. The van der Waals surface area contributed by atoms with Crippen LogP contribution in [0.5, 0.6) is 6.01 Å². The van der Waals surface area contributed by atoms with Crippen LogP contribution in [0, 0.1) is 13.8 Å². The Bertz CT molecular complexity index is 851. The largest absolute Gasteiger partial charge is 0.417 e. The first kappa shape index (κ1) is 16.5. The number of likely N-dealkylation sites (tertiary alicyclic amines) is 1. The van der Waals surface area contributed by atoms with Crippen molar-refractivity contribution in [1.29, 1.82) is 0 Å². The topological polar surface area (TPSA) is 79.7 Å². The Kier molecular flexibility index (Phi) is 3.89. The second kappa shape index (κ2) is 5.65. The number of hydrogen-bond acceptors (Lipinski definition) is 4. The number of fused-ring (bicyclic) bond motifs is 1. The Morgan fingerprint density at radius 1 is 1.21 bits per heavy atom. The highest BCUT2D eigenvalue weighted by Gasteiger charge is 2.28. The number of hydrogen-bond donors (Lipinski definition) is 1. The Hall–Kier alpha value is -2.31. The van der Waals surface area contributed by atoms with Crippen molar-refractivity contribution >= 4 is 11.6 Å². The summed E-state index contributed by atoms with van der Waals surface area (Å²) in [5.74, 6) is 0. The van der Waals surface area contributed by atoms with E-state index < -0.39 is 6.09 Å². The minimum absolute atomic E-state index is 0.165. The van der Waals surface area contributed by atoms with Crippen molar-refractivity contribution in [2.75, 3.05) is 13.1 Å². The molecule has 0 radical (unpaired) electrons. The van der Waals surface area contributed by atoms with E-state index in [-0.39, 0.29) is 17.0 Å². The zero-order chi connectivity index (χ0) is 17.6. The van der Waals surface area contributed by atoms with Crippen LogP contribution < -0.4 is 10.3 Å². The first-order valence-corrected chi connectivity index (χ1v) is 8.29. The lowest BCUT2D eigenvalue weighted by molar-refractivity contribution is 0.158. The molecule has 24 heavy (non-hydrogen) atoms. The van der Waals surface area contributed by atoms with E-state index >= 15 is 0 Å². The summed E-state index contributed by atoms with van der Waals surface area (Å²) >= 11 is 0. The number of rotatable bonds is 1. The number of carbonyl (C=O) groups excluding carboxylic acids is 1. The molecule has 1 saturated heterocycles. The zero-order valence-corrected chi connectivity index (χ0v) is 14.9. The Morgan fingerprint density at radius 3 is 2.42 bits per heavy atom. The maximum atomic E-state index is 12.4. The molecule has 7 heteroatoms. The minimum Gasteiger partial charge on any atom is -0.375 e. The predicted molar refractivity (Wildman–Crippen MR) is 90.8 cm³/mol. The average Bonchev–Trinajstić information content (AvgIpc) is 3.06. The van der Waals surface area contributed by atoms with E-state index in [1.165, 1.54) is 0 Å². The molecule has 0 aromatic carbocycles. The number of amides is 1. The second-order valence-electron chi connectivity index (χ2n) is 7.40. The second-order valence-corrected chi connectivity index (χ2v) is 7.40. The molecule has 0 atom stereocenters. The summed E-state index contributed by atoms with van der Waals surface area (Å²) < 4.78 is 7.26. The number of aryl methyl sites for hydroxylation is 2. The van der Waals surface area contributed by atoms with Crippen LogP contribution in [0.2, 0.25) is 0 Å². The fourth-order valence-electron chi connectivity index (χ4n) is 3.44. The van der Waals surface area contributed by atoms with Gasteiger partial charge in [0.05, 0.1) is 11.4 Å². The lowest BCUT2D eigenvalue weighted by Gasteiger charge is -2.23. The minimum atomic E-state index is -0.405. The zero-order valence-electron chi connectivity index (χ0n) is 14.9. The maximum Gasteiger partial charge on any atom is 0.417 e. The summed E-state index contributed by atoms with van der Waals surface area (Å²) in [7, 11) is 0. The first-order valence-electron chi connectivity index (χ1n) is 8.29. The highest BCUT2D eigenvalue weighted by molar-refractivity contribution is 5.71. The molecule has 2 aromatic heterocycles. The van der Waals surface area contributed by atoms with Crippen molar-refractivity contribution in [2.24, 2.45) is 0 Å². The van der Waals surface area contributed by atoms with Gasteiger partial charge in [0.15, 0.2) is 0 Å². The first-order chi connectivity index (χ1) is 11.2. The quantitative estimate of drug-likeness (QED) is 0.870. The normalized spacial score (nSPS) is 15.3. The number of imidazole rings is 1. The summed E-state index contributed by atoms with van der Waals surface area (Å²) in [5.41, 5.74) is 2.11. The van der Waals surface area contributed by atoms with Gasteiger partial charge in [0.25, 0.3) is 5.56 Å². The predicted octanol–water partition coefficient (Wildman–Crippen LogP) is 2.53. The molecule has 3 heterocycles. The van der Waals surface area contributed by atoms with Gasteiger partial charge in [-0.3, -0.25) is 9.20 Å². The number of nitrogens with one attached hydrogen (secondary N) is 1. The molecule has 0 unspecified atom stereocenters. The van der Waals surface area contributed by atoms with Crippen LogP contribution in [0.25, 0.3) is 5.52 Å². The van der Waals surface area contributed by atoms with Gasteiger partial charge in [0, 0.05) is 24.2 Å². The molecule has 0 bridgehead atoms. The SMILES string of the molecule is Cc1[nH]c(=O)c2c(C)nc(OC(=O)N3CCCC3)n2c1C(C)(C)C. The van der Waals surface area contributed by atoms with E-state index in [1.807, 2.05) is 6.92 Å². The molecule has 0 saturated carbocycles. The molecule has 1 aliphatic rings. The van der Waals surface area contributed by atoms with Crippen molar-refractivity contribution in [3.05, 3.63) is 27.4 Å². The van der Waals surface area contributed by atoms with Gasteiger partial charge in [0.2, 0.25) is 0 Å². The molecular weight excluding hydrogens is 308 g/mol. The van der Waals surface area contributed by atoms with Crippen molar-refractivity contribution in [3.63, 3.8) is 0 Å². The van der Waals surface area contributed by atoms with E-state index in [0.29, 0.717) is 24.3 Å². The fourth-order valence-corrected chi connectivity index (χ4v) is 3.44. The van der Waals surface area contributed by atoms with Crippen LogP contribution in [0.1, 0.15) is 50.7 Å². The van der Waals surface area contributed by atoms with E-state index in [2.05, 4.69) is 30.7 Å². The summed E-state index contributed by atoms with van der Waals surface area (Å²) in [4.78, 5) is 33.7. The van der Waals surface area contributed by atoms with Gasteiger partial charge in [0.1, 0.15) is 5.52 Å². The monoisotopic (exact) mass is 332 g/mol. The Morgan fingerprint density at radius 2 is 1.83 bits per heavy atom. The smallest absolute Gasteiger partial charge is 0.375 e. The highest BCUT2D eigenvalue weighted by atomic mass is 16.6. The number of ether oxygens (including phenoxy) is 1. The van der Waals surface area contributed by atoms with Crippen LogP contribution in [0.15, 0.2) is 4.79 Å². The third-order valence-electron chi connectivity index (χ3n) is 4.37. The van der Waals surface area contributed by atoms with Crippen LogP contribution in [-0.2, 0) is 5.41 Å². The number of aromatic amines is 1. The molecule has 1 N–H and O–H groups in total. The van der Waals surface area contributed by atoms with Crippen molar-refractivity contribution in [2.45, 2.75) is 52.9 Å². The van der Waals surface area contributed by atoms with Gasteiger partial charge < -0.3 is 14.6 Å². The molecule has 2 aromatic rings. The molecule has 130 valence electrons. The van der Waals surface area contributed by atoms with E-state index in [9.17, 15) is 9.59 Å². The number of nitrogens with zero attached hydrogens (tertiary/aromatic N) is 3. The van der Waals surface area contributed by atoms with Gasteiger partial charge in [-0.1, -0.05) is 20.8 Å². The van der Waals surface area contributed by atoms with E-state index in [1.54, 1.807) is 16.2 Å². The number of aromatic nitrogens is 3. The van der Waals surface area contributed by atoms with Crippen LogP contribution in [0.4, 0.5) is 4.79 Å². The van der Waals surface area contributed by atoms with Crippen LogP contribution >= 0.6 is 0 Å².